The van der Waals surface area contributed by atoms with Gasteiger partial charge < -0.3 is 9.40 Å². The van der Waals surface area contributed by atoms with E-state index >= 15 is 0 Å². The Hall–Kier alpha value is -3.26. The second-order valence-electron chi connectivity index (χ2n) is 5.94. The summed E-state index contributed by atoms with van der Waals surface area (Å²) in [6, 6.07) is 27.0. The fourth-order valence-corrected chi connectivity index (χ4v) is 3.35. The third kappa shape index (κ3) is 1.97. The highest BCUT2D eigenvalue weighted by Gasteiger charge is 2.14. The van der Waals surface area contributed by atoms with Crippen LogP contribution in [-0.4, -0.2) is 4.98 Å². The summed E-state index contributed by atoms with van der Waals surface area (Å²) in [4.78, 5) is 3.39. The van der Waals surface area contributed by atoms with E-state index in [1.165, 1.54) is 16.5 Å². The van der Waals surface area contributed by atoms with Gasteiger partial charge in [-0.05, 0) is 23.8 Å². The van der Waals surface area contributed by atoms with Gasteiger partial charge in [0, 0.05) is 33.6 Å². The summed E-state index contributed by atoms with van der Waals surface area (Å²) < 4.78 is 6.11. The summed E-state index contributed by atoms with van der Waals surface area (Å²) in [5.74, 6) is 0.901. The standard InChI is InChI=1S/C22H15NO/c1-2-7-15(8-3-1)18-14-23-19-11-6-10-17(22(18)19)21-13-16-9-4-5-12-20(16)24-21/h1-14,23H. The monoisotopic (exact) mass is 309 g/mol. The minimum atomic E-state index is 0.901. The number of H-pyrrole nitrogens is 1. The average molecular weight is 309 g/mol. The predicted octanol–water partition coefficient (Wildman–Crippen LogP) is 6.25. The molecular weight excluding hydrogens is 294 g/mol. The molecular formula is C22H15NO. The fourth-order valence-electron chi connectivity index (χ4n) is 3.35. The lowest BCUT2D eigenvalue weighted by molar-refractivity contribution is 0.632. The van der Waals surface area contributed by atoms with Crippen LogP contribution in [0.1, 0.15) is 0 Å². The van der Waals surface area contributed by atoms with E-state index in [9.17, 15) is 0 Å². The van der Waals surface area contributed by atoms with E-state index in [1.54, 1.807) is 0 Å². The Balaban J connectivity index is 1.81. The highest BCUT2D eigenvalue weighted by atomic mass is 16.3. The van der Waals surface area contributed by atoms with Gasteiger partial charge in [0.25, 0.3) is 0 Å². The normalized spacial score (nSPS) is 11.3. The fraction of sp³-hybridized carbons (Fsp3) is 0. The van der Waals surface area contributed by atoms with Crippen molar-refractivity contribution in [1.82, 2.24) is 4.98 Å². The Morgan fingerprint density at radius 1 is 0.708 bits per heavy atom. The Kier molecular flexibility index (Phi) is 2.83. The lowest BCUT2D eigenvalue weighted by Crippen LogP contribution is -1.79. The number of furan rings is 1. The van der Waals surface area contributed by atoms with Crippen molar-refractivity contribution in [3.8, 4) is 22.5 Å². The molecule has 0 aliphatic rings. The van der Waals surface area contributed by atoms with Crippen molar-refractivity contribution >= 4 is 21.9 Å². The summed E-state index contributed by atoms with van der Waals surface area (Å²) in [7, 11) is 0. The van der Waals surface area contributed by atoms with Crippen LogP contribution in [0.5, 0.6) is 0 Å². The van der Waals surface area contributed by atoms with Gasteiger partial charge in [-0.2, -0.15) is 0 Å². The number of rotatable bonds is 2. The molecule has 0 bridgehead atoms. The second-order valence-corrected chi connectivity index (χ2v) is 5.94. The molecule has 2 heterocycles. The van der Waals surface area contributed by atoms with Gasteiger partial charge in [-0.1, -0.05) is 60.7 Å². The second kappa shape index (κ2) is 5.14. The van der Waals surface area contributed by atoms with E-state index in [-0.39, 0.29) is 0 Å². The van der Waals surface area contributed by atoms with E-state index in [1.807, 2.05) is 24.3 Å². The van der Waals surface area contributed by atoms with E-state index < -0.39 is 0 Å². The van der Waals surface area contributed by atoms with Gasteiger partial charge >= 0.3 is 0 Å². The molecule has 1 N–H and O–H groups in total. The van der Waals surface area contributed by atoms with Crippen molar-refractivity contribution in [2.24, 2.45) is 0 Å². The van der Waals surface area contributed by atoms with Gasteiger partial charge in [-0.15, -0.1) is 0 Å². The molecule has 5 rings (SSSR count). The minimum absolute atomic E-state index is 0.901. The maximum Gasteiger partial charge on any atom is 0.136 e. The van der Waals surface area contributed by atoms with Crippen LogP contribution in [0.3, 0.4) is 0 Å². The van der Waals surface area contributed by atoms with E-state index in [4.69, 9.17) is 4.42 Å². The molecule has 0 radical (unpaired) electrons. The lowest BCUT2D eigenvalue weighted by Gasteiger charge is -2.04. The van der Waals surface area contributed by atoms with E-state index in [0.29, 0.717) is 0 Å². The Morgan fingerprint density at radius 2 is 1.54 bits per heavy atom. The number of aromatic amines is 1. The third-order valence-corrected chi connectivity index (χ3v) is 4.48. The first-order valence-electron chi connectivity index (χ1n) is 8.04. The van der Waals surface area contributed by atoms with Gasteiger partial charge in [0.05, 0.1) is 0 Å². The largest absolute Gasteiger partial charge is 0.456 e. The molecule has 0 aliphatic heterocycles. The van der Waals surface area contributed by atoms with Crippen molar-refractivity contribution in [2.45, 2.75) is 0 Å². The Labute approximate surface area is 139 Å². The minimum Gasteiger partial charge on any atom is -0.456 e. The molecule has 5 aromatic rings. The first-order valence-corrected chi connectivity index (χ1v) is 8.04. The van der Waals surface area contributed by atoms with Crippen LogP contribution in [0.15, 0.2) is 89.5 Å². The van der Waals surface area contributed by atoms with Crippen LogP contribution >= 0.6 is 0 Å². The van der Waals surface area contributed by atoms with Crippen LogP contribution in [0.4, 0.5) is 0 Å². The quantitative estimate of drug-likeness (QED) is 0.410. The van der Waals surface area contributed by atoms with Gasteiger partial charge in [0.15, 0.2) is 0 Å². The summed E-state index contributed by atoms with van der Waals surface area (Å²) in [6.45, 7) is 0. The van der Waals surface area contributed by atoms with E-state index in [0.717, 1.165) is 27.8 Å². The molecule has 24 heavy (non-hydrogen) atoms. The van der Waals surface area contributed by atoms with Crippen LogP contribution in [0.2, 0.25) is 0 Å². The Bertz CT molecular complexity index is 1120. The van der Waals surface area contributed by atoms with E-state index in [2.05, 4.69) is 65.8 Å². The lowest BCUT2D eigenvalue weighted by atomic mass is 9.99. The van der Waals surface area contributed by atoms with Crippen molar-refractivity contribution in [1.29, 1.82) is 0 Å². The van der Waals surface area contributed by atoms with Gasteiger partial charge in [0.2, 0.25) is 0 Å². The summed E-state index contributed by atoms with van der Waals surface area (Å²) in [6.07, 6.45) is 2.08. The number of benzene rings is 3. The van der Waals surface area contributed by atoms with Crippen LogP contribution in [0.25, 0.3) is 44.3 Å². The number of para-hydroxylation sites is 1. The number of fused-ring (bicyclic) bond motifs is 2. The zero-order chi connectivity index (χ0) is 15.9. The summed E-state index contributed by atoms with van der Waals surface area (Å²) >= 11 is 0. The molecule has 0 saturated heterocycles. The van der Waals surface area contributed by atoms with Crippen LogP contribution in [-0.2, 0) is 0 Å². The number of aromatic nitrogens is 1. The molecule has 2 heteroatoms. The molecule has 0 spiro atoms. The molecule has 0 saturated carbocycles. The zero-order valence-electron chi connectivity index (χ0n) is 13.0. The van der Waals surface area contributed by atoms with Crippen LogP contribution < -0.4 is 0 Å². The molecule has 3 aromatic carbocycles. The first kappa shape index (κ1) is 13.2. The molecule has 0 fully saturated rings. The van der Waals surface area contributed by atoms with Crippen molar-refractivity contribution in [3.05, 3.63) is 85.1 Å². The van der Waals surface area contributed by atoms with Gasteiger partial charge in [-0.3, -0.25) is 0 Å². The highest BCUT2D eigenvalue weighted by molar-refractivity contribution is 6.05. The molecule has 114 valence electrons. The summed E-state index contributed by atoms with van der Waals surface area (Å²) in [5, 5.41) is 2.32. The molecule has 2 nitrogen and oxygen atoms in total. The number of hydrogen-bond acceptors (Lipinski definition) is 1. The highest BCUT2D eigenvalue weighted by Crippen LogP contribution is 2.38. The first-order chi connectivity index (χ1) is 11.9. The van der Waals surface area contributed by atoms with Crippen molar-refractivity contribution in [3.63, 3.8) is 0 Å². The smallest absolute Gasteiger partial charge is 0.136 e. The van der Waals surface area contributed by atoms with Crippen LogP contribution in [0, 0.1) is 0 Å². The molecule has 0 atom stereocenters. The maximum absolute atomic E-state index is 6.11. The third-order valence-electron chi connectivity index (χ3n) is 4.48. The summed E-state index contributed by atoms with van der Waals surface area (Å²) in [5.41, 5.74) is 5.55. The van der Waals surface area contributed by atoms with Crippen molar-refractivity contribution in [2.75, 3.05) is 0 Å². The number of nitrogens with one attached hydrogen (secondary N) is 1. The SMILES string of the molecule is c1ccc(-c2c[nH]c3cccc(-c4cc5ccccc5o4)c23)cc1. The Morgan fingerprint density at radius 3 is 2.42 bits per heavy atom. The zero-order valence-corrected chi connectivity index (χ0v) is 13.0. The topological polar surface area (TPSA) is 28.9 Å². The molecule has 0 unspecified atom stereocenters. The average Bonchev–Trinajstić information content (AvgIpc) is 3.26. The maximum atomic E-state index is 6.11. The molecule has 0 aliphatic carbocycles. The van der Waals surface area contributed by atoms with Gasteiger partial charge in [0.1, 0.15) is 11.3 Å². The molecule has 0 amide bonds. The molecule has 2 aromatic heterocycles. The van der Waals surface area contributed by atoms with Crippen molar-refractivity contribution < 1.29 is 4.42 Å². The van der Waals surface area contributed by atoms with Gasteiger partial charge in [-0.25, -0.2) is 0 Å². The predicted molar refractivity (Wildman–Crippen MR) is 98.9 cm³/mol. The number of hydrogen-bond donors (Lipinski definition) is 1.